The standard InChI is InChI=1S/C8H6N4/c9-5-12-7-4-2-1-3-6(7)11-8(12)10/h1-4H,(H2,10,11). The highest BCUT2D eigenvalue weighted by Gasteiger charge is 2.04. The van der Waals surface area contributed by atoms with E-state index in [0.29, 0.717) is 0 Å². The predicted octanol–water partition coefficient (Wildman–Crippen LogP) is 0.948. The van der Waals surface area contributed by atoms with E-state index in [1.54, 1.807) is 0 Å². The Bertz CT molecular complexity index is 463. The zero-order valence-electron chi connectivity index (χ0n) is 6.23. The molecule has 0 unspecified atom stereocenters. The summed E-state index contributed by atoms with van der Waals surface area (Å²) < 4.78 is 1.30. The number of nitrogens with two attached hydrogens (primary N) is 1. The summed E-state index contributed by atoms with van der Waals surface area (Å²) in [5.41, 5.74) is 6.99. The van der Waals surface area contributed by atoms with Gasteiger partial charge in [0, 0.05) is 0 Å². The van der Waals surface area contributed by atoms with Gasteiger partial charge in [0.1, 0.15) is 0 Å². The van der Waals surface area contributed by atoms with Crippen molar-refractivity contribution in [3.05, 3.63) is 24.3 Å². The summed E-state index contributed by atoms with van der Waals surface area (Å²) in [5.74, 6) is 0.235. The van der Waals surface area contributed by atoms with Crippen molar-refractivity contribution >= 4 is 17.0 Å². The van der Waals surface area contributed by atoms with E-state index >= 15 is 0 Å². The van der Waals surface area contributed by atoms with Gasteiger partial charge in [-0.2, -0.15) is 5.26 Å². The van der Waals surface area contributed by atoms with Crippen molar-refractivity contribution in [2.45, 2.75) is 0 Å². The average Bonchev–Trinajstić information content (AvgIpc) is 2.40. The molecule has 0 saturated heterocycles. The second kappa shape index (κ2) is 2.24. The lowest BCUT2D eigenvalue weighted by Crippen LogP contribution is -1.95. The fraction of sp³-hybridized carbons (Fsp3) is 0. The van der Waals surface area contributed by atoms with Crippen LogP contribution < -0.4 is 5.73 Å². The Morgan fingerprint density at radius 2 is 2.17 bits per heavy atom. The minimum absolute atomic E-state index is 0.235. The molecule has 0 amide bonds. The Morgan fingerprint density at radius 3 is 2.92 bits per heavy atom. The van der Waals surface area contributed by atoms with E-state index in [4.69, 9.17) is 11.0 Å². The molecule has 0 fully saturated rings. The SMILES string of the molecule is N#Cn1c(N)nc2ccccc21. The molecular formula is C8H6N4. The van der Waals surface area contributed by atoms with Gasteiger partial charge in [0.15, 0.2) is 6.19 Å². The summed E-state index contributed by atoms with van der Waals surface area (Å²) in [6.45, 7) is 0. The number of benzene rings is 1. The fourth-order valence-electron chi connectivity index (χ4n) is 1.15. The first-order chi connectivity index (χ1) is 5.83. The summed E-state index contributed by atoms with van der Waals surface area (Å²) >= 11 is 0. The minimum Gasteiger partial charge on any atom is -0.368 e. The lowest BCUT2D eigenvalue weighted by molar-refractivity contribution is 1.13. The number of nitrogens with zero attached hydrogens (tertiary/aromatic N) is 3. The molecular weight excluding hydrogens is 152 g/mol. The third kappa shape index (κ3) is 0.736. The third-order valence-electron chi connectivity index (χ3n) is 1.69. The highest BCUT2D eigenvalue weighted by molar-refractivity contribution is 5.79. The van der Waals surface area contributed by atoms with Crippen LogP contribution in [0.4, 0.5) is 5.95 Å². The lowest BCUT2D eigenvalue weighted by Gasteiger charge is -1.89. The monoisotopic (exact) mass is 158 g/mol. The van der Waals surface area contributed by atoms with Crippen LogP contribution in [0.5, 0.6) is 0 Å². The van der Waals surface area contributed by atoms with Gasteiger partial charge in [-0.1, -0.05) is 12.1 Å². The Morgan fingerprint density at radius 1 is 1.42 bits per heavy atom. The van der Waals surface area contributed by atoms with Gasteiger partial charge in [-0.05, 0) is 12.1 Å². The van der Waals surface area contributed by atoms with Crippen LogP contribution in [0.25, 0.3) is 11.0 Å². The molecule has 0 atom stereocenters. The van der Waals surface area contributed by atoms with Crippen molar-refractivity contribution in [2.24, 2.45) is 0 Å². The number of aromatic nitrogens is 2. The number of para-hydroxylation sites is 2. The Kier molecular flexibility index (Phi) is 1.25. The number of anilines is 1. The van der Waals surface area contributed by atoms with Gasteiger partial charge < -0.3 is 5.73 Å². The van der Waals surface area contributed by atoms with Gasteiger partial charge in [0.25, 0.3) is 0 Å². The van der Waals surface area contributed by atoms with E-state index in [2.05, 4.69) is 4.98 Å². The van der Waals surface area contributed by atoms with Gasteiger partial charge in [-0.15, -0.1) is 0 Å². The van der Waals surface area contributed by atoms with Gasteiger partial charge in [0.2, 0.25) is 5.95 Å². The fourth-order valence-corrected chi connectivity index (χ4v) is 1.15. The van der Waals surface area contributed by atoms with E-state index in [9.17, 15) is 0 Å². The van der Waals surface area contributed by atoms with E-state index in [0.717, 1.165) is 11.0 Å². The van der Waals surface area contributed by atoms with Crippen LogP contribution in [0.2, 0.25) is 0 Å². The summed E-state index contributed by atoms with van der Waals surface area (Å²) in [7, 11) is 0. The van der Waals surface area contributed by atoms with Crippen LogP contribution >= 0.6 is 0 Å². The molecule has 0 aliphatic heterocycles. The van der Waals surface area contributed by atoms with Crippen molar-refractivity contribution in [3.63, 3.8) is 0 Å². The maximum atomic E-state index is 8.70. The molecule has 1 heterocycles. The number of hydrogen-bond acceptors (Lipinski definition) is 3. The molecule has 0 spiro atoms. The Labute approximate surface area is 68.8 Å². The molecule has 4 heteroatoms. The quantitative estimate of drug-likeness (QED) is 0.620. The van der Waals surface area contributed by atoms with Crippen molar-refractivity contribution in [1.29, 1.82) is 5.26 Å². The minimum atomic E-state index is 0.235. The number of nitriles is 1. The zero-order chi connectivity index (χ0) is 8.55. The molecule has 0 aliphatic carbocycles. The molecule has 0 radical (unpaired) electrons. The normalized spacial score (nSPS) is 9.92. The molecule has 0 aliphatic rings. The molecule has 58 valence electrons. The van der Waals surface area contributed by atoms with Crippen LogP contribution in [0.3, 0.4) is 0 Å². The van der Waals surface area contributed by atoms with Crippen molar-refractivity contribution in [3.8, 4) is 6.19 Å². The largest absolute Gasteiger partial charge is 0.368 e. The molecule has 0 saturated carbocycles. The smallest absolute Gasteiger partial charge is 0.214 e. The highest BCUT2D eigenvalue weighted by atomic mass is 15.1. The third-order valence-corrected chi connectivity index (χ3v) is 1.69. The molecule has 0 bridgehead atoms. The van der Waals surface area contributed by atoms with E-state index in [1.807, 2.05) is 30.5 Å². The number of nitrogen functional groups attached to an aromatic ring is 1. The molecule has 4 nitrogen and oxygen atoms in total. The first kappa shape index (κ1) is 6.68. The first-order valence-electron chi connectivity index (χ1n) is 3.46. The average molecular weight is 158 g/mol. The summed E-state index contributed by atoms with van der Waals surface area (Å²) in [5, 5.41) is 8.70. The van der Waals surface area contributed by atoms with Crippen LogP contribution in [0.1, 0.15) is 0 Å². The molecule has 2 rings (SSSR count). The Balaban J connectivity index is 2.93. The van der Waals surface area contributed by atoms with Gasteiger partial charge in [-0.25, -0.2) is 9.55 Å². The Hall–Kier alpha value is -2.02. The number of rotatable bonds is 0. The number of imidazole rings is 1. The maximum absolute atomic E-state index is 8.70. The number of hydrogen-bond donors (Lipinski definition) is 1. The van der Waals surface area contributed by atoms with Gasteiger partial charge in [0.05, 0.1) is 11.0 Å². The topological polar surface area (TPSA) is 67.6 Å². The molecule has 12 heavy (non-hydrogen) atoms. The highest BCUT2D eigenvalue weighted by Crippen LogP contribution is 2.15. The second-order valence-electron chi connectivity index (χ2n) is 2.39. The summed E-state index contributed by atoms with van der Waals surface area (Å²) in [6, 6.07) is 7.33. The van der Waals surface area contributed by atoms with Crippen LogP contribution in [-0.4, -0.2) is 9.55 Å². The first-order valence-corrected chi connectivity index (χ1v) is 3.46. The molecule has 2 N–H and O–H groups in total. The van der Waals surface area contributed by atoms with Crippen LogP contribution in [0, 0.1) is 11.5 Å². The maximum Gasteiger partial charge on any atom is 0.214 e. The second-order valence-corrected chi connectivity index (χ2v) is 2.39. The number of fused-ring (bicyclic) bond motifs is 1. The van der Waals surface area contributed by atoms with E-state index < -0.39 is 0 Å². The van der Waals surface area contributed by atoms with E-state index in [-0.39, 0.29) is 5.95 Å². The van der Waals surface area contributed by atoms with Gasteiger partial charge in [-0.3, -0.25) is 0 Å². The van der Waals surface area contributed by atoms with Crippen molar-refractivity contribution in [1.82, 2.24) is 9.55 Å². The van der Waals surface area contributed by atoms with Crippen molar-refractivity contribution in [2.75, 3.05) is 5.73 Å². The lowest BCUT2D eigenvalue weighted by atomic mass is 10.3. The van der Waals surface area contributed by atoms with Crippen LogP contribution in [0.15, 0.2) is 24.3 Å². The summed E-state index contributed by atoms with van der Waals surface area (Å²) in [6.07, 6.45) is 1.95. The van der Waals surface area contributed by atoms with E-state index in [1.165, 1.54) is 4.57 Å². The van der Waals surface area contributed by atoms with Gasteiger partial charge >= 0.3 is 0 Å². The molecule has 2 aromatic rings. The zero-order valence-corrected chi connectivity index (χ0v) is 6.23. The van der Waals surface area contributed by atoms with Crippen LogP contribution in [-0.2, 0) is 0 Å². The van der Waals surface area contributed by atoms with Crippen molar-refractivity contribution < 1.29 is 0 Å². The summed E-state index contributed by atoms with van der Waals surface area (Å²) in [4.78, 5) is 4.00. The predicted molar refractivity (Wildman–Crippen MR) is 45.2 cm³/mol. The molecule has 1 aromatic heterocycles. The molecule has 1 aromatic carbocycles.